The number of hydrogen-bond donors (Lipinski definition) is 0. The van der Waals surface area contributed by atoms with Crippen LogP contribution in [0.3, 0.4) is 0 Å². The van der Waals surface area contributed by atoms with Crippen LogP contribution in [-0.4, -0.2) is 3.23 Å². The maximum absolute atomic E-state index is 3.64. The summed E-state index contributed by atoms with van der Waals surface area (Å²) in [5, 5.41) is 0. The van der Waals surface area contributed by atoms with Crippen LogP contribution in [0, 0.1) is 11.8 Å². The second-order valence-electron chi connectivity index (χ2n) is 2.81. The minimum absolute atomic E-state index is 0.285. The van der Waals surface area contributed by atoms with E-state index < -0.39 is 0 Å². The molecule has 0 radical (unpaired) electrons. The van der Waals surface area contributed by atoms with Gasteiger partial charge in [0.05, 0.1) is 3.23 Å². The van der Waals surface area contributed by atoms with E-state index in [1.165, 1.54) is 12.8 Å². The van der Waals surface area contributed by atoms with Crippen molar-refractivity contribution in [3.63, 3.8) is 0 Å². The van der Waals surface area contributed by atoms with Gasteiger partial charge in [-0.1, -0.05) is 44.0 Å². The Hall–Kier alpha value is 0.700. The van der Waals surface area contributed by atoms with Crippen molar-refractivity contribution in [2.45, 2.75) is 16.1 Å². The van der Waals surface area contributed by atoms with E-state index in [4.69, 9.17) is 0 Å². The van der Waals surface area contributed by atoms with E-state index in [0.29, 0.717) is 0 Å². The van der Waals surface area contributed by atoms with Crippen LogP contribution in [-0.2, 0) is 0 Å². The second kappa shape index (κ2) is 1.85. The summed E-state index contributed by atoms with van der Waals surface area (Å²) in [6.07, 6.45) is 7.21. The van der Waals surface area contributed by atoms with Gasteiger partial charge in [0.15, 0.2) is 0 Å². The Morgan fingerprint density at radius 2 is 2.22 bits per heavy atom. The second-order valence-corrected chi connectivity index (χ2v) is 6.50. The molecule has 2 rings (SSSR count). The molecule has 50 valence electrons. The first-order valence-corrected chi connectivity index (χ1v) is 4.86. The molecule has 1 saturated carbocycles. The zero-order valence-electron chi connectivity index (χ0n) is 4.98. The molecule has 9 heavy (non-hydrogen) atoms. The normalized spacial score (nSPS) is 44.2. The van der Waals surface area contributed by atoms with Crippen LogP contribution in [0.2, 0.25) is 0 Å². The predicted octanol–water partition coefficient (Wildman–Crippen LogP) is 3.07. The maximum atomic E-state index is 3.64. The summed E-state index contributed by atoms with van der Waals surface area (Å²) in [7, 11) is 0. The molecule has 0 aromatic rings. The third-order valence-electron chi connectivity index (χ3n) is 2.25. The van der Waals surface area contributed by atoms with Gasteiger partial charge in [-0.25, -0.2) is 0 Å². The van der Waals surface area contributed by atoms with Crippen LogP contribution in [0.1, 0.15) is 12.8 Å². The lowest BCUT2D eigenvalue weighted by molar-refractivity contribution is 0.682. The zero-order valence-corrected chi connectivity index (χ0v) is 8.15. The van der Waals surface area contributed by atoms with E-state index in [9.17, 15) is 0 Å². The van der Waals surface area contributed by atoms with Crippen molar-refractivity contribution >= 4 is 31.9 Å². The fourth-order valence-electron chi connectivity index (χ4n) is 1.57. The lowest BCUT2D eigenvalue weighted by Crippen LogP contribution is -1.86. The van der Waals surface area contributed by atoms with Gasteiger partial charge in [-0.3, -0.25) is 0 Å². The van der Waals surface area contributed by atoms with E-state index in [2.05, 4.69) is 44.0 Å². The van der Waals surface area contributed by atoms with Gasteiger partial charge in [0.2, 0.25) is 0 Å². The highest BCUT2D eigenvalue weighted by atomic mass is 79.9. The largest absolute Gasteiger partial charge is 0.0905 e. The van der Waals surface area contributed by atoms with Crippen molar-refractivity contribution in [1.82, 2.24) is 0 Å². The Labute approximate surface area is 72.0 Å². The standard InChI is InChI=1S/C7H8Br2/c8-7(9)5-3-1-2-4-6(5)7/h1,3,5-6H,2,4H2/t5-,6-/m0/s1. The fraction of sp³-hybridized carbons (Fsp3) is 0.714. The first-order chi connectivity index (χ1) is 4.23. The van der Waals surface area contributed by atoms with Crippen LogP contribution < -0.4 is 0 Å². The summed E-state index contributed by atoms with van der Waals surface area (Å²) < 4.78 is 0.285. The topological polar surface area (TPSA) is 0 Å². The van der Waals surface area contributed by atoms with Gasteiger partial charge in [-0.2, -0.15) is 0 Å². The van der Waals surface area contributed by atoms with Crippen molar-refractivity contribution in [2.75, 3.05) is 0 Å². The van der Waals surface area contributed by atoms with Gasteiger partial charge in [0.25, 0.3) is 0 Å². The maximum Gasteiger partial charge on any atom is 0.0905 e. The molecule has 2 aliphatic rings. The molecular weight excluding hydrogens is 244 g/mol. The molecule has 0 saturated heterocycles. The van der Waals surface area contributed by atoms with Gasteiger partial charge in [0, 0.05) is 5.92 Å². The van der Waals surface area contributed by atoms with Crippen molar-refractivity contribution in [2.24, 2.45) is 11.8 Å². The molecule has 1 fully saturated rings. The molecule has 0 N–H and O–H groups in total. The minimum Gasteiger partial charge on any atom is -0.0882 e. The Bertz CT molecular complexity index is 160. The zero-order chi connectivity index (χ0) is 6.48. The quantitative estimate of drug-likeness (QED) is 0.459. The van der Waals surface area contributed by atoms with Crippen molar-refractivity contribution in [3.8, 4) is 0 Å². The van der Waals surface area contributed by atoms with Gasteiger partial charge < -0.3 is 0 Å². The third-order valence-corrected chi connectivity index (χ3v) is 4.48. The van der Waals surface area contributed by atoms with Gasteiger partial charge in [0.1, 0.15) is 0 Å². The smallest absolute Gasteiger partial charge is 0.0882 e. The van der Waals surface area contributed by atoms with E-state index in [0.717, 1.165) is 11.8 Å². The number of alkyl halides is 2. The van der Waals surface area contributed by atoms with Crippen LogP contribution in [0.15, 0.2) is 12.2 Å². The van der Waals surface area contributed by atoms with E-state index in [1.54, 1.807) is 0 Å². The SMILES string of the molecule is BrC1(Br)[C@H]2C=CCC[C@@H]21. The Balaban J connectivity index is 2.19. The molecule has 0 bridgehead atoms. The average Bonchev–Trinajstić information content (AvgIpc) is 2.39. The predicted molar refractivity (Wildman–Crippen MR) is 45.9 cm³/mol. The Kier molecular flexibility index (Phi) is 1.32. The number of hydrogen-bond acceptors (Lipinski definition) is 0. The fourth-order valence-corrected chi connectivity index (χ4v) is 3.28. The molecule has 0 aromatic carbocycles. The summed E-state index contributed by atoms with van der Waals surface area (Å²) in [5.74, 6) is 1.63. The van der Waals surface area contributed by atoms with Crippen LogP contribution >= 0.6 is 31.9 Å². The van der Waals surface area contributed by atoms with Gasteiger partial charge in [-0.15, -0.1) is 0 Å². The van der Waals surface area contributed by atoms with Crippen LogP contribution in [0.5, 0.6) is 0 Å². The molecule has 0 aromatic heterocycles. The molecule has 0 aliphatic heterocycles. The number of allylic oxidation sites excluding steroid dienone is 2. The van der Waals surface area contributed by atoms with E-state index in [-0.39, 0.29) is 3.23 Å². The molecule has 0 unspecified atom stereocenters. The minimum atomic E-state index is 0.285. The molecule has 2 atom stereocenters. The highest BCUT2D eigenvalue weighted by Gasteiger charge is 2.60. The van der Waals surface area contributed by atoms with E-state index >= 15 is 0 Å². The van der Waals surface area contributed by atoms with Gasteiger partial charge >= 0.3 is 0 Å². The summed E-state index contributed by atoms with van der Waals surface area (Å²) in [6, 6.07) is 0. The lowest BCUT2D eigenvalue weighted by atomic mass is 10.1. The summed E-state index contributed by atoms with van der Waals surface area (Å²) >= 11 is 7.29. The molecule has 0 nitrogen and oxygen atoms in total. The Morgan fingerprint density at radius 1 is 1.44 bits per heavy atom. The molecule has 2 aliphatic carbocycles. The van der Waals surface area contributed by atoms with Crippen LogP contribution in [0.4, 0.5) is 0 Å². The van der Waals surface area contributed by atoms with E-state index in [1.807, 2.05) is 0 Å². The van der Waals surface area contributed by atoms with Crippen LogP contribution in [0.25, 0.3) is 0 Å². The Morgan fingerprint density at radius 3 is 2.67 bits per heavy atom. The van der Waals surface area contributed by atoms with Gasteiger partial charge in [-0.05, 0) is 18.8 Å². The highest BCUT2D eigenvalue weighted by Crippen LogP contribution is 2.65. The van der Waals surface area contributed by atoms with Crippen molar-refractivity contribution in [1.29, 1.82) is 0 Å². The monoisotopic (exact) mass is 250 g/mol. The average molecular weight is 252 g/mol. The highest BCUT2D eigenvalue weighted by molar-refractivity contribution is 9.25. The molecular formula is C7H8Br2. The summed E-state index contributed by atoms with van der Waals surface area (Å²) in [5.41, 5.74) is 0. The number of halogens is 2. The van der Waals surface area contributed by atoms with Crippen molar-refractivity contribution in [3.05, 3.63) is 12.2 Å². The lowest BCUT2D eigenvalue weighted by Gasteiger charge is -1.96. The third kappa shape index (κ3) is 0.829. The molecule has 0 spiro atoms. The molecule has 0 amide bonds. The molecule has 2 heteroatoms. The first-order valence-electron chi connectivity index (χ1n) is 3.27. The first kappa shape index (κ1) is 6.41. The molecule has 0 heterocycles. The van der Waals surface area contributed by atoms with Crippen molar-refractivity contribution < 1.29 is 0 Å². The number of rotatable bonds is 0. The number of fused-ring (bicyclic) bond motifs is 1. The summed E-state index contributed by atoms with van der Waals surface area (Å²) in [6.45, 7) is 0. The summed E-state index contributed by atoms with van der Waals surface area (Å²) in [4.78, 5) is 0.